The molecular weight excluding hydrogens is 526 g/mol. The van der Waals surface area contributed by atoms with Gasteiger partial charge in [-0.3, -0.25) is 9.59 Å². The third-order valence-electron chi connectivity index (χ3n) is 9.38. The summed E-state index contributed by atoms with van der Waals surface area (Å²) in [6.45, 7) is 5.15. The topological polar surface area (TPSA) is 37.4 Å². The Hall–Kier alpha value is -0.700. The first-order valence-electron chi connectivity index (χ1n) is 19.7. The van der Waals surface area contributed by atoms with E-state index in [1.165, 1.54) is 167 Å². The minimum absolute atomic E-state index is 0.189. The van der Waals surface area contributed by atoms with Crippen molar-refractivity contribution >= 4 is 11.6 Å². The first kappa shape index (κ1) is 42.3. The number of unbranched alkanes of at least 4 members (excludes halogenated alkanes) is 28. The van der Waals surface area contributed by atoms with Crippen molar-refractivity contribution in [3.63, 3.8) is 0 Å². The Labute approximate surface area is 271 Å². The summed E-state index contributed by atoms with van der Waals surface area (Å²) in [5, 5.41) is 0. The summed E-state index contributed by atoms with van der Waals surface area (Å²) in [7, 11) is 3.96. The van der Waals surface area contributed by atoms with Gasteiger partial charge in [0.15, 0.2) is 0 Å². The predicted octanol–water partition coefficient (Wildman–Crippen LogP) is 12.8. The molecule has 0 radical (unpaired) electrons. The van der Waals surface area contributed by atoms with Crippen molar-refractivity contribution < 1.29 is 9.59 Å². The van der Waals surface area contributed by atoms with Crippen LogP contribution in [0.4, 0.5) is 0 Å². The Morgan fingerprint density at radius 1 is 0.372 bits per heavy atom. The molecule has 0 amide bonds. The lowest BCUT2D eigenvalue weighted by molar-refractivity contribution is -0.133. The van der Waals surface area contributed by atoms with Gasteiger partial charge < -0.3 is 4.90 Å². The van der Waals surface area contributed by atoms with Crippen LogP contribution in [0.5, 0.6) is 0 Å². The molecule has 3 nitrogen and oxygen atoms in total. The number of ketones is 2. The van der Waals surface area contributed by atoms with E-state index in [1.54, 1.807) is 0 Å². The number of rotatable bonds is 36. The van der Waals surface area contributed by atoms with E-state index in [2.05, 4.69) is 13.8 Å². The summed E-state index contributed by atoms with van der Waals surface area (Å²) < 4.78 is 0. The molecule has 0 aromatic rings. The van der Waals surface area contributed by atoms with Crippen molar-refractivity contribution in [1.29, 1.82) is 0 Å². The third-order valence-corrected chi connectivity index (χ3v) is 9.38. The van der Waals surface area contributed by atoms with Crippen LogP contribution in [0.1, 0.15) is 219 Å². The molecule has 0 atom stereocenters. The van der Waals surface area contributed by atoms with Gasteiger partial charge in [0.05, 0.1) is 5.92 Å². The molecule has 0 aliphatic heterocycles. The van der Waals surface area contributed by atoms with E-state index in [0.717, 1.165) is 25.7 Å². The molecule has 3 heteroatoms. The zero-order valence-electron chi connectivity index (χ0n) is 30.2. The van der Waals surface area contributed by atoms with Crippen LogP contribution in [0.2, 0.25) is 0 Å². The van der Waals surface area contributed by atoms with Crippen molar-refractivity contribution in [3.8, 4) is 0 Å². The first-order chi connectivity index (χ1) is 21.0. The van der Waals surface area contributed by atoms with E-state index in [-0.39, 0.29) is 11.6 Å². The molecule has 0 saturated carbocycles. The van der Waals surface area contributed by atoms with E-state index in [4.69, 9.17) is 0 Å². The molecule has 0 heterocycles. The highest BCUT2D eigenvalue weighted by Gasteiger charge is 2.25. The van der Waals surface area contributed by atoms with Crippen molar-refractivity contribution in [2.24, 2.45) is 5.92 Å². The monoisotopic (exact) mass is 606 g/mol. The van der Waals surface area contributed by atoms with Gasteiger partial charge in [0.25, 0.3) is 0 Å². The first-order valence-corrected chi connectivity index (χ1v) is 19.7. The normalized spacial score (nSPS) is 11.7. The average Bonchev–Trinajstić information content (AvgIpc) is 2.99. The van der Waals surface area contributed by atoms with E-state index in [1.807, 2.05) is 19.0 Å². The zero-order chi connectivity index (χ0) is 31.6. The minimum Gasteiger partial charge on any atom is -0.308 e. The van der Waals surface area contributed by atoms with Gasteiger partial charge >= 0.3 is 0 Å². The number of hydrogen-bond acceptors (Lipinski definition) is 3. The molecule has 0 aliphatic carbocycles. The van der Waals surface area contributed by atoms with Crippen LogP contribution >= 0.6 is 0 Å². The van der Waals surface area contributed by atoms with Crippen molar-refractivity contribution in [2.75, 3.05) is 20.6 Å². The molecule has 0 aromatic carbocycles. The molecule has 256 valence electrons. The summed E-state index contributed by atoms with van der Waals surface area (Å²) in [6, 6.07) is 0. The summed E-state index contributed by atoms with van der Waals surface area (Å²) in [5.74, 6) is -0.0306. The van der Waals surface area contributed by atoms with Crippen LogP contribution in [0, 0.1) is 5.92 Å². The van der Waals surface area contributed by atoms with E-state index >= 15 is 0 Å². The molecule has 0 unspecified atom stereocenters. The highest BCUT2D eigenvalue weighted by molar-refractivity contribution is 6.02. The number of hydrogen-bond donors (Lipinski definition) is 0. The average molecular weight is 606 g/mol. The van der Waals surface area contributed by atoms with E-state index < -0.39 is 5.92 Å². The molecule has 0 fully saturated rings. The Kier molecular flexibility index (Phi) is 33.6. The number of carbonyl (C=O) groups excluding carboxylic acids is 2. The van der Waals surface area contributed by atoms with Crippen LogP contribution in [-0.4, -0.2) is 37.1 Å². The van der Waals surface area contributed by atoms with Gasteiger partial charge in [-0.1, -0.05) is 194 Å². The Morgan fingerprint density at radius 3 is 0.791 bits per heavy atom. The van der Waals surface area contributed by atoms with Crippen LogP contribution in [0.3, 0.4) is 0 Å². The molecule has 0 rings (SSSR count). The Bertz CT molecular complexity index is 541. The maximum Gasteiger partial charge on any atom is 0.144 e. The van der Waals surface area contributed by atoms with Gasteiger partial charge in [0.2, 0.25) is 0 Å². The lowest BCUT2D eigenvalue weighted by Gasteiger charge is -2.19. The smallest absolute Gasteiger partial charge is 0.144 e. The molecular formula is C40H79NO2. The molecule has 0 bridgehead atoms. The summed E-state index contributed by atoms with van der Waals surface area (Å²) >= 11 is 0. The number of carbonyl (C=O) groups is 2. The fourth-order valence-corrected chi connectivity index (χ4v) is 6.44. The van der Waals surface area contributed by atoms with Crippen molar-refractivity contribution in [1.82, 2.24) is 4.90 Å². The highest BCUT2D eigenvalue weighted by atomic mass is 16.1. The molecule has 43 heavy (non-hydrogen) atoms. The van der Waals surface area contributed by atoms with E-state index in [0.29, 0.717) is 19.4 Å². The lowest BCUT2D eigenvalue weighted by Crippen LogP contribution is -2.34. The minimum atomic E-state index is -0.409. The molecule has 0 spiro atoms. The maximum absolute atomic E-state index is 13.0. The second-order valence-corrected chi connectivity index (χ2v) is 14.1. The molecule has 0 aromatic heterocycles. The second kappa shape index (κ2) is 34.2. The molecule has 0 saturated heterocycles. The summed E-state index contributed by atoms with van der Waals surface area (Å²) in [5.41, 5.74) is 0. The molecule has 0 aliphatic rings. The third kappa shape index (κ3) is 31.1. The highest BCUT2D eigenvalue weighted by Crippen LogP contribution is 2.18. The van der Waals surface area contributed by atoms with Gasteiger partial charge in [-0.05, 0) is 26.9 Å². The fourth-order valence-electron chi connectivity index (χ4n) is 6.44. The zero-order valence-corrected chi connectivity index (χ0v) is 30.2. The van der Waals surface area contributed by atoms with Gasteiger partial charge in [0.1, 0.15) is 11.6 Å². The van der Waals surface area contributed by atoms with Gasteiger partial charge in [-0.2, -0.15) is 0 Å². The van der Waals surface area contributed by atoms with E-state index in [9.17, 15) is 9.59 Å². The van der Waals surface area contributed by atoms with Crippen LogP contribution in [-0.2, 0) is 9.59 Å². The lowest BCUT2D eigenvalue weighted by atomic mass is 9.91. The quantitative estimate of drug-likeness (QED) is 0.0526. The maximum atomic E-state index is 13.0. The SMILES string of the molecule is CCCCCCCCCCCCCCCCCC(=O)C(CN(C)C)C(=O)CCCCCCCCCCCCCCCCC. The molecule has 0 N–H and O–H groups in total. The van der Waals surface area contributed by atoms with Gasteiger partial charge in [-0.25, -0.2) is 0 Å². The Balaban J connectivity index is 3.75. The largest absolute Gasteiger partial charge is 0.308 e. The standard InChI is InChI=1S/C40H79NO2/c1-5-7-9-11-13-15-17-19-21-23-25-27-29-31-33-35-39(42)38(37-41(3)4)40(43)36-34-32-30-28-26-24-22-20-18-16-14-12-10-8-6-2/h38H,5-37H2,1-4H3. The van der Waals surface area contributed by atoms with Crippen molar-refractivity contribution in [2.45, 2.75) is 219 Å². The Morgan fingerprint density at radius 2 is 0.581 bits per heavy atom. The van der Waals surface area contributed by atoms with Crippen LogP contribution in [0.15, 0.2) is 0 Å². The van der Waals surface area contributed by atoms with Crippen molar-refractivity contribution in [3.05, 3.63) is 0 Å². The number of nitrogens with zero attached hydrogens (tertiary/aromatic N) is 1. The fraction of sp³-hybridized carbons (Fsp3) is 0.950. The van der Waals surface area contributed by atoms with Crippen LogP contribution in [0.25, 0.3) is 0 Å². The number of Topliss-reactive ketones (excluding diaryl/α,β-unsaturated/α-hetero) is 2. The summed E-state index contributed by atoms with van der Waals surface area (Å²) in [4.78, 5) is 27.9. The van der Waals surface area contributed by atoms with Gasteiger partial charge in [-0.15, -0.1) is 0 Å². The van der Waals surface area contributed by atoms with Crippen LogP contribution < -0.4 is 0 Å². The second-order valence-electron chi connectivity index (χ2n) is 14.1. The van der Waals surface area contributed by atoms with Gasteiger partial charge in [0, 0.05) is 19.4 Å². The summed E-state index contributed by atoms with van der Waals surface area (Å²) in [6.07, 6.45) is 41.1. The predicted molar refractivity (Wildman–Crippen MR) is 191 cm³/mol.